The molecule has 5 nitrogen and oxygen atoms in total. The van der Waals surface area contributed by atoms with Crippen LogP contribution in [-0.2, 0) is 4.79 Å². The van der Waals surface area contributed by atoms with Crippen molar-refractivity contribution in [3.63, 3.8) is 0 Å². The van der Waals surface area contributed by atoms with E-state index in [4.69, 9.17) is 0 Å². The Balaban J connectivity index is 1.58. The maximum atomic E-state index is 12.6. The first-order chi connectivity index (χ1) is 13.8. The summed E-state index contributed by atoms with van der Waals surface area (Å²) in [5.74, 6) is -0.553. The number of allylic oxidation sites excluding steroid dienone is 3. The van der Waals surface area contributed by atoms with Crippen molar-refractivity contribution in [2.45, 2.75) is 20.8 Å². The van der Waals surface area contributed by atoms with E-state index in [1.54, 1.807) is 17.5 Å². The highest BCUT2D eigenvalue weighted by atomic mass is 32.1. The number of amides is 2. The Bertz CT molecular complexity index is 1100. The fraction of sp³-hybridized carbons (Fsp3) is 0.217. The quantitative estimate of drug-likeness (QED) is 0.799. The zero-order valence-electron chi connectivity index (χ0n) is 16.5. The smallest absolute Gasteiger partial charge is 0.297 e. The largest absolute Gasteiger partial charge is 0.325 e. The minimum absolute atomic E-state index is 0.00860. The van der Waals surface area contributed by atoms with Crippen LogP contribution in [0.3, 0.4) is 0 Å². The molecule has 1 aliphatic carbocycles. The van der Waals surface area contributed by atoms with Crippen molar-refractivity contribution in [2.75, 3.05) is 0 Å². The summed E-state index contributed by atoms with van der Waals surface area (Å²) < 4.78 is 0. The van der Waals surface area contributed by atoms with E-state index in [2.05, 4.69) is 36.1 Å². The molecule has 2 heterocycles. The van der Waals surface area contributed by atoms with Crippen molar-refractivity contribution >= 4 is 28.9 Å². The number of hydrogen-bond donors (Lipinski definition) is 1. The van der Waals surface area contributed by atoms with Gasteiger partial charge in [0.05, 0.1) is 5.71 Å². The fourth-order valence-electron chi connectivity index (χ4n) is 3.40. The number of benzene rings is 1. The van der Waals surface area contributed by atoms with Gasteiger partial charge in [0, 0.05) is 28.6 Å². The molecule has 1 N–H and O–H groups in total. The maximum absolute atomic E-state index is 12.6. The van der Waals surface area contributed by atoms with Crippen molar-refractivity contribution in [2.24, 2.45) is 16.3 Å². The monoisotopic (exact) mass is 403 g/mol. The first-order valence-corrected chi connectivity index (χ1v) is 10.3. The molecular weight excluding hydrogens is 382 g/mol. The van der Waals surface area contributed by atoms with Crippen molar-refractivity contribution < 1.29 is 9.59 Å². The molecule has 1 aliphatic heterocycles. The molecule has 2 aromatic rings. The molecule has 1 unspecified atom stereocenters. The summed E-state index contributed by atoms with van der Waals surface area (Å²) in [5.41, 5.74) is 3.45. The van der Waals surface area contributed by atoms with E-state index in [9.17, 15) is 9.59 Å². The van der Waals surface area contributed by atoms with E-state index >= 15 is 0 Å². The third kappa shape index (κ3) is 4.03. The van der Waals surface area contributed by atoms with Crippen LogP contribution in [0.1, 0.15) is 31.3 Å². The number of rotatable bonds is 2. The third-order valence-corrected chi connectivity index (χ3v) is 5.72. The minimum atomic E-state index is -0.396. The zero-order valence-corrected chi connectivity index (χ0v) is 17.3. The molecular formula is C23H21N3O2S. The van der Waals surface area contributed by atoms with Gasteiger partial charge in [-0.05, 0) is 23.1 Å². The second-order valence-corrected chi connectivity index (χ2v) is 8.88. The van der Waals surface area contributed by atoms with Gasteiger partial charge in [-0.3, -0.25) is 9.59 Å². The van der Waals surface area contributed by atoms with Crippen molar-refractivity contribution in [3.05, 3.63) is 77.0 Å². The summed E-state index contributed by atoms with van der Waals surface area (Å²) in [6, 6.07) is 9.73. The molecule has 1 aromatic heterocycles. The molecule has 0 bridgehead atoms. The van der Waals surface area contributed by atoms with Crippen molar-refractivity contribution in [3.8, 4) is 10.6 Å². The Morgan fingerprint density at radius 1 is 1.17 bits per heavy atom. The summed E-state index contributed by atoms with van der Waals surface area (Å²) in [6.07, 6.45) is 7.24. The first-order valence-electron chi connectivity index (χ1n) is 9.38. The maximum Gasteiger partial charge on any atom is 0.297 e. The van der Waals surface area contributed by atoms with E-state index in [-0.39, 0.29) is 17.2 Å². The molecule has 0 fully saturated rings. The molecule has 146 valence electrons. The number of aliphatic imine (C=N–C) groups is 1. The van der Waals surface area contributed by atoms with Gasteiger partial charge in [0.2, 0.25) is 5.91 Å². The number of carbonyl (C=O) groups is 2. The van der Waals surface area contributed by atoms with Crippen LogP contribution in [0, 0.1) is 11.3 Å². The van der Waals surface area contributed by atoms with Crippen LogP contribution in [-0.4, -0.2) is 22.5 Å². The standard InChI is InChI=1S/C23H21N3O2S/c1-23(2,3)17-12-20(27)25-18-11-15(9-10-16(17)18)24-21(28)19-13-29-22(26-19)14-7-5-4-6-8-14/h4-13,16H,1-3H3,(H,25,27). The first kappa shape index (κ1) is 19.2. The topological polar surface area (TPSA) is 71.4 Å². The summed E-state index contributed by atoms with van der Waals surface area (Å²) in [7, 11) is 0. The van der Waals surface area contributed by atoms with E-state index in [1.807, 2.05) is 42.5 Å². The van der Waals surface area contributed by atoms with Gasteiger partial charge in [-0.15, -0.1) is 11.3 Å². The highest BCUT2D eigenvalue weighted by molar-refractivity contribution is 7.13. The van der Waals surface area contributed by atoms with E-state index in [0.717, 1.165) is 21.8 Å². The van der Waals surface area contributed by atoms with E-state index in [0.29, 0.717) is 11.4 Å². The molecule has 29 heavy (non-hydrogen) atoms. The Morgan fingerprint density at radius 2 is 1.93 bits per heavy atom. The molecule has 1 atom stereocenters. The molecule has 6 heteroatoms. The highest BCUT2D eigenvalue weighted by Gasteiger charge is 2.32. The van der Waals surface area contributed by atoms with Crippen molar-refractivity contribution in [1.82, 2.24) is 10.3 Å². The second-order valence-electron chi connectivity index (χ2n) is 8.02. The Labute approximate surface area is 173 Å². The van der Waals surface area contributed by atoms with Gasteiger partial charge in [-0.2, -0.15) is 0 Å². The lowest BCUT2D eigenvalue weighted by Gasteiger charge is -2.34. The minimum Gasteiger partial charge on any atom is -0.325 e. The number of nitrogens with zero attached hydrogens (tertiary/aromatic N) is 2. The molecule has 0 radical (unpaired) electrons. The molecule has 1 aromatic carbocycles. The predicted molar refractivity (Wildman–Crippen MR) is 116 cm³/mol. The normalized spacial score (nSPS) is 20.0. The lowest BCUT2D eigenvalue weighted by molar-refractivity contribution is -0.116. The molecule has 0 saturated carbocycles. The van der Waals surface area contributed by atoms with Crippen LogP contribution in [0.15, 0.2) is 76.3 Å². The highest BCUT2D eigenvalue weighted by Crippen LogP contribution is 2.38. The zero-order chi connectivity index (χ0) is 20.6. The summed E-state index contributed by atoms with van der Waals surface area (Å²) in [5, 5.41) is 5.38. The van der Waals surface area contributed by atoms with Gasteiger partial charge in [0.15, 0.2) is 0 Å². The van der Waals surface area contributed by atoms with Crippen LogP contribution in [0.25, 0.3) is 10.6 Å². The van der Waals surface area contributed by atoms with E-state index < -0.39 is 5.91 Å². The van der Waals surface area contributed by atoms with Crippen LogP contribution < -0.4 is 5.32 Å². The number of aromatic nitrogens is 1. The second kappa shape index (κ2) is 7.37. The van der Waals surface area contributed by atoms with Gasteiger partial charge in [0.1, 0.15) is 10.7 Å². The van der Waals surface area contributed by atoms with Crippen LogP contribution in [0.5, 0.6) is 0 Å². The SMILES string of the molecule is CC(C)(C)C1=CC(=O)NC2=CC(=NC(=O)c3csc(-c4ccccc4)n3)C=CC21. The number of carbonyl (C=O) groups excluding carboxylic acids is 2. The third-order valence-electron chi connectivity index (χ3n) is 4.83. The van der Waals surface area contributed by atoms with E-state index in [1.165, 1.54) is 11.3 Å². The fourth-order valence-corrected chi connectivity index (χ4v) is 4.20. The molecule has 2 aliphatic rings. The van der Waals surface area contributed by atoms with Crippen LogP contribution >= 0.6 is 11.3 Å². The van der Waals surface area contributed by atoms with Gasteiger partial charge in [-0.25, -0.2) is 9.98 Å². The van der Waals surface area contributed by atoms with Crippen molar-refractivity contribution in [1.29, 1.82) is 0 Å². The van der Waals surface area contributed by atoms with Gasteiger partial charge < -0.3 is 5.32 Å². The lowest BCUT2D eigenvalue weighted by Crippen LogP contribution is -2.36. The average molecular weight is 404 g/mol. The average Bonchev–Trinajstić information content (AvgIpc) is 3.17. The summed E-state index contributed by atoms with van der Waals surface area (Å²) in [4.78, 5) is 33.3. The molecule has 4 rings (SSSR count). The van der Waals surface area contributed by atoms with Gasteiger partial charge >= 0.3 is 0 Å². The molecule has 2 amide bonds. The van der Waals surface area contributed by atoms with Crippen LogP contribution in [0.2, 0.25) is 0 Å². The lowest BCUT2D eigenvalue weighted by atomic mass is 9.74. The Hall–Kier alpha value is -3.12. The summed E-state index contributed by atoms with van der Waals surface area (Å²) >= 11 is 1.42. The molecule has 0 saturated heterocycles. The van der Waals surface area contributed by atoms with Gasteiger partial charge in [-0.1, -0.05) is 57.2 Å². The molecule has 0 spiro atoms. The predicted octanol–water partition coefficient (Wildman–Crippen LogP) is 4.56. The van der Waals surface area contributed by atoms with Crippen LogP contribution in [0.4, 0.5) is 0 Å². The number of thiazole rings is 1. The summed E-state index contributed by atoms with van der Waals surface area (Å²) in [6.45, 7) is 6.26. The Morgan fingerprint density at radius 3 is 2.66 bits per heavy atom. The number of nitrogens with one attached hydrogen (secondary N) is 1. The Kier molecular flexibility index (Phi) is 4.88. The number of fused-ring (bicyclic) bond motifs is 1. The number of hydrogen-bond acceptors (Lipinski definition) is 4. The van der Waals surface area contributed by atoms with Gasteiger partial charge in [0.25, 0.3) is 5.91 Å².